The standard InChI is InChI=1S/C21H25NO4S/c1-4-25-21(24)18-16-10-5-6-11-17(16)27-20(18)22-19(23)14-8-7-9-15(12-14)26-13(2)3/h7-9,12-13H,4-6,10-11H2,1-3H3,(H,22,23). The van der Waals surface area contributed by atoms with E-state index in [1.54, 1.807) is 25.1 Å². The fourth-order valence-corrected chi connectivity index (χ4v) is 4.50. The Morgan fingerprint density at radius 3 is 2.74 bits per heavy atom. The Kier molecular flexibility index (Phi) is 6.16. The fourth-order valence-electron chi connectivity index (χ4n) is 3.23. The number of thiophene rings is 1. The van der Waals surface area contributed by atoms with Gasteiger partial charge in [-0.2, -0.15) is 0 Å². The third-order valence-electron chi connectivity index (χ3n) is 4.35. The number of aryl methyl sites for hydroxylation is 1. The SMILES string of the molecule is CCOC(=O)c1c(NC(=O)c2cccc(OC(C)C)c2)sc2c1CCCC2. The minimum Gasteiger partial charge on any atom is -0.491 e. The molecular formula is C21H25NO4S. The van der Waals surface area contributed by atoms with Gasteiger partial charge >= 0.3 is 5.97 Å². The van der Waals surface area contributed by atoms with Crippen LogP contribution in [0.5, 0.6) is 5.75 Å². The van der Waals surface area contributed by atoms with E-state index in [1.807, 2.05) is 19.9 Å². The molecule has 0 radical (unpaired) electrons. The second kappa shape index (κ2) is 8.57. The topological polar surface area (TPSA) is 64.6 Å². The van der Waals surface area contributed by atoms with Crippen molar-refractivity contribution in [3.63, 3.8) is 0 Å². The predicted octanol–water partition coefficient (Wildman–Crippen LogP) is 4.84. The molecule has 0 atom stereocenters. The highest BCUT2D eigenvalue weighted by atomic mass is 32.1. The maximum absolute atomic E-state index is 12.8. The Bertz CT molecular complexity index is 841. The van der Waals surface area contributed by atoms with Crippen LogP contribution in [0.25, 0.3) is 0 Å². The first-order valence-corrected chi connectivity index (χ1v) is 10.2. The van der Waals surface area contributed by atoms with Crippen LogP contribution in [0.15, 0.2) is 24.3 Å². The second-order valence-electron chi connectivity index (χ2n) is 6.78. The minimum absolute atomic E-state index is 0.0303. The molecule has 144 valence electrons. The maximum atomic E-state index is 12.8. The first-order valence-electron chi connectivity index (χ1n) is 9.39. The monoisotopic (exact) mass is 387 g/mol. The molecule has 3 rings (SSSR count). The molecule has 0 saturated heterocycles. The van der Waals surface area contributed by atoms with E-state index in [2.05, 4.69) is 5.32 Å². The van der Waals surface area contributed by atoms with Gasteiger partial charge < -0.3 is 14.8 Å². The van der Waals surface area contributed by atoms with Crippen LogP contribution in [0.2, 0.25) is 0 Å². The summed E-state index contributed by atoms with van der Waals surface area (Å²) < 4.78 is 10.9. The molecule has 0 fully saturated rings. The summed E-state index contributed by atoms with van der Waals surface area (Å²) in [4.78, 5) is 26.5. The lowest BCUT2D eigenvalue weighted by Crippen LogP contribution is -2.16. The van der Waals surface area contributed by atoms with Crippen LogP contribution in [0.4, 0.5) is 5.00 Å². The van der Waals surface area contributed by atoms with Crippen molar-refractivity contribution in [2.75, 3.05) is 11.9 Å². The van der Waals surface area contributed by atoms with Crippen molar-refractivity contribution in [2.24, 2.45) is 0 Å². The van der Waals surface area contributed by atoms with Crippen LogP contribution in [0.1, 0.15) is 64.8 Å². The summed E-state index contributed by atoms with van der Waals surface area (Å²) in [6.45, 7) is 5.98. The molecule has 6 heteroatoms. The molecule has 0 saturated carbocycles. The smallest absolute Gasteiger partial charge is 0.341 e. The van der Waals surface area contributed by atoms with E-state index in [0.717, 1.165) is 31.2 Å². The zero-order valence-corrected chi connectivity index (χ0v) is 16.8. The number of hydrogen-bond acceptors (Lipinski definition) is 5. The summed E-state index contributed by atoms with van der Waals surface area (Å²) in [6.07, 6.45) is 3.99. The average molecular weight is 388 g/mol. The van der Waals surface area contributed by atoms with E-state index in [0.29, 0.717) is 28.5 Å². The van der Waals surface area contributed by atoms with Gasteiger partial charge in [0.05, 0.1) is 18.3 Å². The van der Waals surface area contributed by atoms with Crippen molar-refractivity contribution >= 4 is 28.2 Å². The lowest BCUT2D eigenvalue weighted by molar-refractivity contribution is 0.0526. The van der Waals surface area contributed by atoms with E-state index in [-0.39, 0.29) is 18.0 Å². The summed E-state index contributed by atoms with van der Waals surface area (Å²) in [5.74, 6) is 0.0335. The summed E-state index contributed by atoms with van der Waals surface area (Å²) in [7, 11) is 0. The van der Waals surface area contributed by atoms with Crippen LogP contribution in [0, 0.1) is 0 Å². The number of benzene rings is 1. The van der Waals surface area contributed by atoms with E-state index >= 15 is 0 Å². The molecule has 1 aliphatic rings. The van der Waals surface area contributed by atoms with Gasteiger partial charge in [-0.15, -0.1) is 11.3 Å². The number of hydrogen-bond donors (Lipinski definition) is 1. The lowest BCUT2D eigenvalue weighted by Gasteiger charge is -2.12. The van der Waals surface area contributed by atoms with E-state index in [9.17, 15) is 9.59 Å². The van der Waals surface area contributed by atoms with Gasteiger partial charge in [0, 0.05) is 10.4 Å². The fraction of sp³-hybridized carbons (Fsp3) is 0.429. The van der Waals surface area contributed by atoms with Gasteiger partial charge in [-0.25, -0.2) is 4.79 Å². The molecular weight excluding hydrogens is 362 g/mol. The van der Waals surface area contributed by atoms with E-state index in [1.165, 1.54) is 16.2 Å². The molecule has 0 aliphatic heterocycles. The number of carbonyl (C=O) groups excluding carboxylic acids is 2. The maximum Gasteiger partial charge on any atom is 0.341 e. The van der Waals surface area contributed by atoms with Gasteiger partial charge in [0.2, 0.25) is 0 Å². The van der Waals surface area contributed by atoms with Crippen LogP contribution in [0.3, 0.4) is 0 Å². The highest BCUT2D eigenvalue weighted by Crippen LogP contribution is 2.38. The Hall–Kier alpha value is -2.34. The van der Waals surface area contributed by atoms with Crippen molar-refractivity contribution in [3.8, 4) is 5.75 Å². The van der Waals surface area contributed by atoms with Crippen molar-refractivity contribution in [1.29, 1.82) is 0 Å². The Morgan fingerprint density at radius 2 is 2.00 bits per heavy atom. The van der Waals surface area contributed by atoms with Crippen molar-refractivity contribution in [3.05, 3.63) is 45.8 Å². The molecule has 0 unspecified atom stereocenters. The van der Waals surface area contributed by atoms with Gasteiger partial charge in [-0.1, -0.05) is 6.07 Å². The molecule has 0 bridgehead atoms. The minimum atomic E-state index is -0.357. The summed E-state index contributed by atoms with van der Waals surface area (Å²) >= 11 is 1.49. The number of anilines is 1. The molecule has 1 aromatic carbocycles. The molecule has 1 aromatic heterocycles. The van der Waals surface area contributed by atoms with Crippen LogP contribution < -0.4 is 10.1 Å². The number of rotatable bonds is 6. The largest absolute Gasteiger partial charge is 0.491 e. The van der Waals surface area contributed by atoms with Gasteiger partial charge in [0.15, 0.2) is 0 Å². The number of amides is 1. The molecule has 1 aliphatic carbocycles. The number of nitrogens with one attached hydrogen (secondary N) is 1. The highest BCUT2D eigenvalue weighted by molar-refractivity contribution is 7.17. The number of esters is 1. The summed E-state index contributed by atoms with van der Waals surface area (Å²) in [5.41, 5.74) is 2.06. The van der Waals surface area contributed by atoms with Crippen LogP contribution >= 0.6 is 11.3 Å². The lowest BCUT2D eigenvalue weighted by atomic mass is 9.95. The van der Waals surface area contributed by atoms with Gasteiger partial charge in [0.25, 0.3) is 5.91 Å². The molecule has 1 amide bonds. The third-order valence-corrected chi connectivity index (χ3v) is 5.55. The van der Waals surface area contributed by atoms with Gasteiger partial charge in [0.1, 0.15) is 10.8 Å². The molecule has 5 nitrogen and oxygen atoms in total. The zero-order chi connectivity index (χ0) is 19.4. The van der Waals surface area contributed by atoms with Gasteiger partial charge in [-0.3, -0.25) is 4.79 Å². The molecule has 1 heterocycles. The van der Waals surface area contributed by atoms with Crippen molar-refractivity contribution < 1.29 is 19.1 Å². The van der Waals surface area contributed by atoms with E-state index < -0.39 is 0 Å². The Labute approximate surface area is 163 Å². The first kappa shape index (κ1) is 19.4. The second-order valence-corrected chi connectivity index (χ2v) is 7.89. The summed E-state index contributed by atoms with van der Waals surface area (Å²) in [5, 5.41) is 3.51. The molecule has 0 spiro atoms. The Morgan fingerprint density at radius 1 is 1.22 bits per heavy atom. The Balaban J connectivity index is 1.87. The molecule has 1 N–H and O–H groups in total. The van der Waals surface area contributed by atoms with Crippen molar-refractivity contribution in [2.45, 2.75) is 52.6 Å². The highest BCUT2D eigenvalue weighted by Gasteiger charge is 2.27. The van der Waals surface area contributed by atoms with Crippen LogP contribution in [-0.2, 0) is 17.6 Å². The van der Waals surface area contributed by atoms with E-state index in [4.69, 9.17) is 9.47 Å². The van der Waals surface area contributed by atoms with Gasteiger partial charge in [-0.05, 0) is 70.2 Å². The molecule has 27 heavy (non-hydrogen) atoms. The van der Waals surface area contributed by atoms with Crippen molar-refractivity contribution in [1.82, 2.24) is 0 Å². The summed E-state index contributed by atoms with van der Waals surface area (Å²) in [6, 6.07) is 7.07. The quantitative estimate of drug-likeness (QED) is 0.720. The average Bonchev–Trinajstić information content (AvgIpc) is 2.99. The van der Waals surface area contributed by atoms with Crippen LogP contribution in [-0.4, -0.2) is 24.6 Å². The zero-order valence-electron chi connectivity index (χ0n) is 16.0. The molecule has 2 aromatic rings. The predicted molar refractivity (Wildman–Crippen MR) is 107 cm³/mol. The first-order chi connectivity index (χ1) is 13.0. The third kappa shape index (κ3) is 4.50. The number of ether oxygens (including phenoxy) is 2. The number of fused-ring (bicyclic) bond motifs is 1. The normalized spacial score (nSPS) is 13.2. The number of carbonyl (C=O) groups is 2.